The highest BCUT2D eigenvalue weighted by Crippen LogP contribution is 2.23. The number of ether oxygens (including phenoxy) is 1. The number of imidazole rings is 1. The van der Waals surface area contributed by atoms with Crippen molar-refractivity contribution in [2.24, 2.45) is 5.92 Å². The lowest BCUT2D eigenvalue weighted by Gasteiger charge is -2.32. The zero-order valence-electron chi connectivity index (χ0n) is 13.3. The standard InChI is InChI=1S/C17H23N3O2/c1-13-18-15-5-3-4-6-16(15)20(13)11-14-7-9-19(10-8-14)17(21)12-22-2/h3-6,14H,7-12H2,1-2H3. The second-order valence-corrected chi connectivity index (χ2v) is 6.02. The Balaban J connectivity index is 1.65. The average Bonchev–Trinajstić information content (AvgIpc) is 2.84. The summed E-state index contributed by atoms with van der Waals surface area (Å²) >= 11 is 0. The maximum atomic E-state index is 11.8. The van der Waals surface area contributed by atoms with E-state index in [0.717, 1.165) is 43.8 Å². The number of carbonyl (C=O) groups excluding carboxylic acids is 1. The summed E-state index contributed by atoms with van der Waals surface area (Å²) in [4.78, 5) is 18.4. The quantitative estimate of drug-likeness (QED) is 0.870. The van der Waals surface area contributed by atoms with Gasteiger partial charge in [0.25, 0.3) is 0 Å². The fraction of sp³-hybridized carbons (Fsp3) is 0.529. The Kier molecular flexibility index (Phi) is 4.43. The molecule has 0 saturated carbocycles. The van der Waals surface area contributed by atoms with E-state index in [1.165, 1.54) is 5.52 Å². The van der Waals surface area contributed by atoms with Crippen LogP contribution in [0.3, 0.4) is 0 Å². The number of carbonyl (C=O) groups is 1. The lowest BCUT2D eigenvalue weighted by atomic mass is 9.96. The normalized spacial score (nSPS) is 16.4. The molecular weight excluding hydrogens is 278 g/mol. The molecule has 1 amide bonds. The van der Waals surface area contributed by atoms with Crippen molar-refractivity contribution >= 4 is 16.9 Å². The molecule has 1 aromatic heterocycles. The number of piperidine rings is 1. The topological polar surface area (TPSA) is 47.4 Å². The molecule has 5 nitrogen and oxygen atoms in total. The van der Waals surface area contributed by atoms with Gasteiger partial charge in [-0.3, -0.25) is 4.79 Å². The lowest BCUT2D eigenvalue weighted by molar-refractivity contribution is -0.136. The molecule has 118 valence electrons. The minimum atomic E-state index is 0.102. The van der Waals surface area contributed by atoms with Gasteiger partial charge in [-0.05, 0) is 37.8 Å². The zero-order valence-corrected chi connectivity index (χ0v) is 13.3. The number of benzene rings is 1. The van der Waals surface area contributed by atoms with Crippen LogP contribution in [0.2, 0.25) is 0 Å². The third-order valence-corrected chi connectivity index (χ3v) is 4.52. The fourth-order valence-electron chi connectivity index (χ4n) is 3.26. The molecule has 0 unspecified atom stereocenters. The smallest absolute Gasteiger partial charge is 0.248 e. The maximum Gasteiger partial charge on any atom is 0.248 e. The predicted octanol–water partition coefficient (Wildman–Crippen LogP) is 2.23. The summed E-state index contributed by atoms with van der Waals surface area (Å²) in [6, 6.07) is 8.28. The van der Waals surface area contributed by atoms with Crippen LogP contribution in [0.5, 0.6) is 0 Å². The first kappa shape index (κ1) is 15.0. The first-order valence-corrected chi connectivity index (χ1v) is 7.87. The van der Waals surface area contributed by atoms with E-state index in [0.29, 0.717) is 5.92 Å². The Bertz CT molecular complexity index is 657. The third-order valence-electron chi connectivity index (χ3n) is 4.52. The van der Waals surface area contributed by atoms with Crippen LogP contribution in [0.25, 0.3) is 11.0 Å². The van der Waals surface area contributed by atoms with Gasteiger partial charge in [0.2, 0.25) is 5.91 Å². The van der Waals surface area contributed by atoms with Crippen LogP contribution in [0, 0.1) is 12.8 Å². The van der Waals surface area contributed by atoms with Crippen LogP contribution < -0.4 is 0 Å². The van der Waals surface area contributed by atoms with E-state index in [-0.39, 0.29) is 12.5 Å². The molecule has 0 radical (unpaired) electrons. The zero-order chi connectivity index (χ0) is 15.5. The van der Waals surface area contributed by atoms with Crippen LogP contribution in [-0.4, -0.2) is 47.2 Å². The number of para-hydroxylation sites is 2. The minimum absolute atomic E-state index is 0.102. The van der Waals surface area contributed by atoms with E-state index in [2.05, 4.69) is 34.7 Å². The van der Waals surface area contributed by atoms with E-state index >= 15 is 0 Å². The van der Waals surface area contributed by atoms with Crippen LogP contribution in [0.4, 0.5) is 0 Å². The van der Waals surface area contributed by atoms with Crippen molar-refractivity contribution in [1.82, 2.24) is 14.5 Å². The minimum Gasteiger partial charge on any atom is -0.375 e. The molecule has 1 saturated heterocycles. The summed E-state index contributed by atoms with van der Waals surface area (Å²) in [5, 5.41) is 0. The molecule has 1 aliphatic rings. The third kappa shape index (κ3) is 2.99. The highest BCUT2D eigenvalue weighted by molar-refractivity contribution is 5.77. The molecule has 1 aliphatic heterocycles. The number of hydrogen-bond donors (Lipinski definition) is 0. The van der Waals surface area contributed by atoms with Crippen molar-refractivity contribution in [3.63, 3.8) is 0 Å². The Morgan fingerprint density at radius 2 is 2.05 bits per heavy atom. The van der Waals surface area contributed by atoms with Crippen LogP contribution >= 0.6 is 0 Å². The van der Waals surface area contributed by atoms with Gasteiger partial charge in [0.15, 0.2) is 0 Å². The van der Waals surface area contributed by atoms with Crippen molar-refractivity contribution in [3.05, 3.63) is 30.1 Å². The number of fused-ring (bicyclic) bond motifs is 1. The van der Waals surface area contributed by atoms with Gasteiger partial charge in [-0.2, -0.15) is 0 Å². The SMILES string of the molecule is COCC(=O)N1CCC(Cn2c(C)nc3ccccc32)CC1. The molecule has 1 aromatic carbocycles. The summed E-state index contributed by atoms with van der Waals surface area (Å²) in [6.45, 7) is 4.91. The van der Waals surface area contributed by atoms with Crippen molar-refractivity contribution in [1.29, 1.82) is 0 Å². The highest BCUT2D eigenvalue weighted by Gasteiger charge is 2.23. The van der Waals surface area contributed by atoms with Crippen molar-refractivity contribution in [3.8, 4) is 0 Å². The molecule has 0 aliphatic carbocycles. The van der Waals surface area contributed by atoms with Gasteiger partial charge in [-0.15, -0.1) is 0 Å². The van der Waals surface area contributed by atoms with Gasteiger partial charge in [-0.25, -0.2) is 4.98 Å². The molecule has 2 aromatic rings. The first-order chi connectivity index (χ1) is 10.7. The van der Waals surface area contributed by atoms with Crippen molar-refractivity contribution < 1.29 is 9.53 Å². The van der Waals surface area contributed by atoms with E-state index in [4.69, 9.17) is 4.74 Å². The Hall–Kier alpha value is -1.88. The molecule has 5 heteroatoms. The molecule has 0 spiro atoms. The Morgan fingerprint density at radius 1 is 1.32 bits per heavy atom. The van der Waals surface area contributed by atoms with E-state index < -0.39 is 0 Å². The monoisotopic (exact) mass is 301 g/mol. The van der Waals surface area contributed by atoms with E-state index in [9.17, 15) is 4.79 Å². The van der Waals surface area contributed by atoms with Gasteiger partial charge in [0.05, 0.1) is 11.0 Å². The van der Waals surface area contributed by atoms with Gasteiger partial charge in [0.1, 0.15) is 12.4 Å². The fourth-order valence-corrected chi connectivity index (χ4v) is 3.26. The summed E-state index contributed by atoms with van der Waals surface area (Å²) < 4.78 is 7.24. The second kappa shape index (κ2) is 6.48. The maximum absolute atomic E-state index is 11.8. The molecule has 3 rings (SSSR count). The van der Waals surface area contributed by atoms with Gasteiger partial charge < -0.3 is 14.2 Å². The molecule has 0 atom stereocenters. The van der Waals surface area contributed by atoms with E-state index in [1.54, 1.807) is 7.11 Å². The molecule has 2 heterocycles. The molecule has 0 bridgehead atoms. The van der Waals surface area contributed by atoms with E-state index in [1.807, 2.05) is 11.0 Å². The van der Waals surface area contributed by atoms with Crippen LogP contribution in [0.1, 0.15) is 18.7 Å². The van der Waals surface area contributed by atoms with Gasteiger partial charge in [-0.1, -0.05) is 12.1 Å². The lowest BCUT2D eigenvalue weighted by Crippen LogP contribution is -2.41. The predicted molar refractivity (Wildman–Crippen MR) is 85.7 cm³/mol. The number of likely N-dealkylation sites (tertiary alicyclic amines) is 1. The average molecular weight is 301 g/mol. The number of rotatable bonds is 4. The number of nitrogens with zero attached hydrogens (tertiary/aromatic N) is 3. The van der Waals surface area contributed by atoms with Gasteiger partial charge >= 0.3 is 0 Å². The van der Waals surface area contributed by atoms with Crippen molar-refractivity contribution in [2.75, 3.05) is 26.8 Å². The number of aryl methyl sites for hydroxylation is 1. The summed E-state index contributed by atoms with van der Waals surface area (Å²) in [7, 11) is 1.57. The molecule has 0 N–H and O–H groups in total. The highest BCUT2D eigenvalue weighted by atomic mass is 16.5. The second-order valence-electron chi connectivity index (χ2n) is 6.02. The van der Waals surface area contributed by atoms with Crippen molar-refractivity contribution in [2.45, 2.75) is 26.3 Å². The molecular formula is C17H23N3O2. The Labute approximate surface area is 130 Å². The number of hydrogen-bond acceptors (Lipinski definition) is 3. The molecule has 22 heavy (non-hydrogen) atoms. The number of aromatic nitrogens is 2. The largest absolute Gasteiger partial charge is 0.375 e. The summed E-state index contributed by atoms with van der Waals surface area (Å²) in [5.74, 6) is 1.77. The van der Waals surface area contributed by atoms with Crippen LogP contribution in [-0.2, 0) is 16.1 Å². The number of methoxy groups -OCH3 is 1. The van der Waals surface area contributed by atoms with Gasteiger partial charge in [0, 0.05) is 26.7 Å². The first-order valence-electron chi connectivity index (χ1n) is 7.87. The Morgan fingerprint density at radius 3 is 2.77 bits per heavy atom. The number of amides is 1. The summed E-state index contributed by atoms with van der Waals surface area (Å²) in [5.41, 5.74) is 2.27. The molecule has 1 fully saturated rings. The van der Waals surface area contributed by atoms with Crippen LogP contribution in [0.15, 0.2) is 24.3 Å². The summed E-state index contributed by atoms with van der Waals surface area (Å²) in [6.07, 6.45) is 2.09.